The number of hydrogen-bond donors (Lipinski definition) is 0. The molecule has 1 saturated heterocycles. The molecule has 2 aromatic rings. The maximum atomic E-state index is 12.8. The fraction of sp³-hybridized carbons (Fsp3) is 0.550. The lowest BCUT2D eigenvalue weighted by Gasteiger charge is -2.35. The number of aromatic nitrogens is 2. The summed E-state index contributed by atoms with van der Waals surface area (Å²) < 4.78 is 10.7. The van der Waals surface area contributed by atoms with E-state index < -0.39 is 0 Å². The second kappa shape index (κ2) is 7.48. The van der Waals surface area contributed by atoms with Crippen molar-refractivity contribution in [1.82, 2.24) is 15.0 Å². The van der Waals surface area contributed by atoms with E-state index in [0.717, 1.165) is 37.1 Å². The number of carbonyl (C=O) groups excluding carboxylic acids is 1. The summed E-state index contributed by atoms with van der Waals surface area (Å²) in [7, 11) is 1.63. The molecular weight excluding hydrogens is 330 g/mol. The van der Waals surface area contributed by atoms with Crippen molar-refractivity contribution in [2.24, 2.45) is 5.41 Å². The maximum absolute atomic E-state index is 12.8. The quantitative estimate of drug-likeness (QED) is 0.819. The fourth-order valence-corrected chi connectivity index (χ4v) is 3.27. The molecule has 1 atom stereocenters. The number of piperidine rings is 1. The molecule has 140 valence electrons. The zero-order chi connectivity index (χ0) is 18.7. The van der Waals surface area contributed by atoms with Crippen molar-refractivity contribution in [2.75, 3.05) is 13.7 Å². The van der Waals surface area contributed by atoms with Crippen molar-refractivity contribution in [3.05, 3.63) is 30.2 Å². The molecule has 0 saturated carbocycles. The molecule has 1 aliphatic rings. The van der Waals surface area contributed by atoms with Gasteiger partial charge in [0.1, 0.15) is 11.8 Å². The van der Waals surface area contributed by atoms with E-state index in [1.165, 1.54) is 0 Å². The number of methoxy groups -OCH3 is 1. The van der Waals surface area contributed by atoms with Gasteiger partial charge in [0.05, 0.1) is 7.11 Å². The predicted octanol–water partition coefficient (Wildman–Crippen LogP) is 4.24. The van der Waals surface area contributed by atoms with Crippen molar-refractivity contribution >= 4 is 5.91 Å². The molecule has 0 N–H and O–H groups in total. The minimum atomic E-state index is -0.127. The van der Waals surface area contributed by atoms with E-state index in [1.807, 2.05) is 29.2 Å². The second-order valence-corrected chi connectivity index (χ2v) is 8.02. The molecule has 3 rings (SSSR count). The first-order valence-electron chi connectivity index (χ1n) is 9.15. The van der Waals surface area contributed by atoms with Gasteiger partial charge in [-0.15, -0.1) is 0 Å². The molecule has 0 bridgehead atoms. The van der Waals surface area contributed by atoms with Gasteiger partial charge < -0.3 is 14.2 Å². The summed E-state index contributed by atoms with van der Waals surface area (Å²) in [5, 5.41) is 4.12. The largest absolute Gasteiger partial charge is 0.497 e. The van der Waals surface area contributed by atoms with E-state index in [9.17, 15) is 4.79 Å². The highest BCUT2D eigenvalue weighted by Crippen LogP contribution is 2.33. The molecule has 1 aromatic carbocycles. The van der Waals surface area contributed by atoms with Gasteiger partial charge in [-0.1, -0.05) is 25.9 Å². The number of hydrogen-bond acceptors (Lipinski definition) is 5. The van der Waals surface area contributed by atoms with Crippen LogP contribution < -0.4 is 4.74 Å². The summed E-state index contributed by atoms with van der Waals surface area (Å²) in [6.07, 6.45) is 3.46. The summed E-state index contributed by atoms with van der Waals surface area (Å²) in [4.78, 5) is 19.3. The minimum Gasteiger partial charge on any atom is -0.497 e. The Bertz CT molecular complexity index is 746. The smallest absolute Gasteiger partial charge is 0.249 e. The Morgan fingerprint density at radius 2 is 2.00 bits per heavy atom. The first kappa shape index (κ1) is 18.4. The monoisotopic (exact) mass is 357 g/mol. The molecule has 0 radical (unpaired) electrons. The molecule has 0 aliphatic carbocycles. The van der Waals surface area contributed by atoms with Crippen molar-refractivity contribution in [3.8, 4) is 17.1 Å². The topological polar surface area (TPSA) is 68.5 Å². The van der Waals surface area contributed by atoms with Crippen LogP contribution in [0.15, 0.2) is 28.8 Å². The van der Waals surface area contributed by atoms with Crippen molar-refractivity contribution in [1.29, 1.82) is 0 Å². The third-order valence-corrected chi connectivity index (χ3v) is 4.58. The first-order valence-corrected chi connectivity index (χ1v) is 9.15. The van der Waals surface area contributed by atoms with Gasteiger partial charge in [-0.2, -0.15) is 4.98 Å². The normalized spacial score (nSPS) is 18.0. The summed E-state index contributed by atoms with van der Waals surface area (Å²) in [5.74, 6) is 2.00. The van der Waals surface area contributed by atoms with Crippen LogP contribution in [-0.4, -0.2) is 34.6 Å². The van der Waals surface area contributed by atoms with Crippen LogP contribution in [0.1, 0.15) is 58.4 Å². The van der Waals surface area contributed by atoms with E-state index in [4.69, 9.17) is 9.26 Å². The van der Waals surface area contributed by atoms with Gasteiger partial charge in [-0.25, -0.2) is 0 Å². The highest BCUT2D eigenvalue weighted by molar-refractivity contribution is 5.77. The van der Waals surface area contributed by atoms with Gasteiger partial charge in [0, 0.05) is 18.5 Å². The molecule has 1 aliphatic heterocycles. The van der Waals surface area contributed by atoms with E-state index in [1.54, 1.807) is 7.11 Å². The molecule has 2 heterocycles. The summed E-state index contributed by atoms with van der Waals surface area (Å²) in [6.45, 7) is 6.99. The van der Waals surface area contributed by atoms with Crippen LogP contribution in [0.25, 0.3) is 11.4 Å². The lowest BCUT2D eigenvalue weighted by atomic mass is 9.90. The van der Waals surface area contributed by atoms with Gasteiger partial charge >= 0.3 is 0 Å². The maximum Gasteiger partial charge on any atom is 0.249 e. The third-order valence-electron chi connectivity index (χ3n) is 4.58. The van der Waals surface area contributed by atoms with Crippen molar-refractivity contribution < 1.29 is 14.1 Å². The number of benzene rings is 1. The zero-order valence-corrected chi connectivity index (χ0v) is 16.0. The van der Waals surface area contributed by atoms with E-state index in [-0.39, 0.29) is 17.4 Å². The van der Waals surface area contributed by atoms with Gasteiger partial charge in [0.2, 0.25) is 17.6 Å². The summed E-state index contributed by atoms with van der Waals surface area (Å²) in [5.41, 5.74) is 0.825. The van der Waals surface area contributed by atoms with Gasteiger partial charge in [0.25, 0.3) is 0 Å². The Kier molecular flexibility index (Phi) is 5.30. The molecule has 0 spiro atoms. The van der Waals surface area contributed by atoms with Crippen LogP contribution in [-0.2, 0) is 4.79 Å². The SMILES string of the molecule is COc1ccc(-c2noc([C@H]3CCCCN3C(=O)CC(C)(C)C)n2)cc1. The molecule has 1 amide bonds. The van der Waals surface area contributed by atoms with Gasteiger partial charge in [0.15, 0.2) is 0 Å². The van der Waals surface area contributed by atoms with Crippen molar-refractivity contribution in [3.63, 3.8) is 0 Å². The van der Waals surface area contributed by atoms with E-state index >= 15 is 0 Å². The molecule has 26 heavy (non-hydrogen) atoms. The lowest BCUT2D eigenvalue weighted by molar-refractivity contribution is -0.137. The van der Waals surface area contributed by atoms with Crippen LogP contribution in [0.3, 0.4) is 0 Å². The molecule has 1 fully saturated rings. The fourth-order valence-electron chi connectivity index (χ4n) is 3.27. The average molecular weight is 357 g/mol. The van der Waals surface area contributed by atoms with Crippen LogP contribution >= 0.6 is 0 Å². The number of carbonyl (C=O) groups is 1. The standard InChI is InChI=1S/C20H27N3O3/c1-20(2,3)13-17(24)23-12-6-5-7-16(23)19-21-18(22-26-19)14-8-10-15(25-4)11-9-14/h8-11,16H,5-7,12-13H2,1-4H3/t16-/m1/s1. The number of rotatable bonds is 4. The predicted molar refractivity (Wildman–Crippen MR) is 98.7 cm³/mol. The highest BCUT2D eigenvalue weighted by Gasteiger charge is 2.33. The summed E-state index contributed by atoms with van der Waals surface area (Å²) in [6, 6.07) is 7.40. The Labute approximate surface area is 154 Å². The lowest BCUT2D eigenvalue weighted by Crippen LogP contribution is -2.40. The third kappa shape index (κ3) is 4.23. The molecule has 1 aromatic heterocycles. The minimum absolute atomic E-state index is 0.0395. The number of nitrogens with zero attached hydrogens (tertiary/aromatic N) is 3. The van der Waals surface area contributed by atoms with Crippen LogP contribution in [0, 0.1) is 5.41 Å². The zero-order valence-electron chi connectivity index (χ0n) is 16.0. The van der Waals surface area contributed by atoms with Crippen LogP contribution in [0.2, 0.25) is 0 Å². The second-order valence-electron chi connectivity index (χ2n) is 8.02. The average Bonchev–Trinajstić information content (AvgIpc) is 3.10. The Hall–Kier alpha value is -2.37. The van der Waals surface area contributed by atoms with Crippen LogP contribution in [0.4, 0.5) is 0 Å². The van der Waals surface area contributed by atoms with E-state index in [2.05, 4.69) is 30.9 Å². The number of likely N-dealkylation sites (tertiary alicyclic amines) is 1. The van der Waals surface area contributed by atoms with Gasteiger partial charge in [-0.05, 0) is 48.9 Å². The Morgan fingerprint density at radius 3 is 2.65 bits per heavy atom. The van der Waals surface area contributed by atoms with Crippen molar-refractivity contribution in [2.45, 2.75) is 52.5 Å². The number of amides is 1. The molecule has 0 unspecified atom stereocenters. The Morgan fingerprint density at radius 1 is 1.27 bits per heavy atom. The van der Waals surface area contributed by atoms with Gasteiger partial charge in [-0.3, -0.25) is 4.79 Å². The number of ether oxygens (including phenoxy) is 1. The van der Waals surface area contributed by atoms with Crippen LogP contribution in [0.5, 0.6) is 5.75 Å². The first-order chi connectivity index (χ1) is 12.4. The highest BCUT2D eigenvalue weighted by atomic mass is 16.5. The Balaban J connectivity index is 1.80. The molecule has 6 nitrogen and oxygen atoms in total. The molecule has 6 heteroatoms. The van der Waals surface area contributed by atoms with E-state index in [0.29, 0.717) is 18.1 Å². The summed E-state index contributed by atoms with van der Waals surface area (Å²) >= 11 is 0. The molecular formula is C20H27N3O3.